The maximum Gasteiger partial charge on any atom is 0.267 e. The van der Waals surface area contributed by atoms with Crippen LogP contribution in [-0.4, -0.2) is 22.8 Å². The number of halogens is 3. The van der Waals surface area contributed by atoms with E-state index < -0.39 is 17.3 Å². The Bertz CT molecular complexity index is 1080. The second kappa shape index (κ2) is 8.41. The number of nitrogens with zero attached hydrogens (tertiary/aromatic N) is 2. The Balaban J connectivity index is 1.83. The van der Waals surface area contributed by atoms with Gasteiger partial charge in [0.2, 0.25) is 5.91 Å². The molecule has 0 spiro atoms. The van der Waals surface area contributed by atoms with Gasteiger partial charge in [-0.15, -0.1) is 0 Å². The molecule has 6 nitrogen and oxygen atoms in total. The van der Waals surface area contributed by atoms with Gasteiger partial charge in [0.05, 0.1) is 12.8 Å². The second-order valence-electron chi connectivity index (χ2n) is 5.77. The topological polar surface area (TPSA) is 73.2 Å². The number of carbonyl (C=O) groups is 1. The molecule has 9 heteroatoms. The number of nitrogens with one attached hydrogen (secondary N) is 1. The van der Waals surface area contributed by atoms with Gasteiger partial charge >= 0.3 is 0 Å². The number of methoxy groups -OCH3 is 1. The van der Waals surface area contributed by atoms with E-state index in [2.05, 4.69) is 10.4 Å². The predicted molar refractivity (Wildman–Crippen MR) is 106 cm³/mol. The summed E-state index contributed by atoms with van der Waals surface area (Å²) in [5.41, 5.74) is 0.264. The first kappa shape index (κ1) is 19.9. The van der Waals surface area contributed by atoms with Crippen molar-refractivity contribution in [2.75, 3.05) is 12.4 Å². The minimum atomic E-state index is -0.560. The van der Waals surface area contributed by atoms with Crippen molar-refractivity contribution in [3.05, 3.63) is 74.7 Å². The Hall–Kier alpha value is -2.90. The van der Waals surface area contributed by atoms with Crippen molar-refractivity contribution in [3.8, 4) is 17.0 Å². The number of rotatable bonds is 5. The highest BCUT2D eigenvalue weighted by Crippen LogP contribution is 2.24. The average molecular weight is 422 g/mol. The maximum absolute atomic E-state index is 14.3. The molecule has 1 aromatic heterocycles. The summed E-state index contributed by atoms with van der Waals surface area (Å²) in [5.74, 6) is -0.718. The molecule has 1 amide bonds. The van der Waals surface area contributed by atoms with Gasteiger partial charge in [-0.1, -0.05) is 23.2 Å². The van der Waals surface area contributed by atoms with Gasteiger partial charge in [0.25, 0.3) is 5.56 Å². The van der Waals surface area contributed by atoms with E-state index in [1.54, 1.807) is 6.07 Å². The molecule has 0 unspecified atom stereocenters. The summed E-state index contributed by atoms with van der Waals surface area (Å²) < 4.78 is 20.2. The van der Waals surface area contributed by atoms with Gasteiger partial charge in [0, 0.05) is 33.4 Å². The van der Waals surface area contributed by atoms with E-state index in [0.717, 1.165) is 4.68 Å². The SMILES string of the molecule is COc1ccc(-c2ccc(=O)n(CC(=O)Nc3cc(Cl)cc(Cl)c3)n2)c(F)c1. The van der Waals surface area contributed by atoms with Crippen molar-refractivity contribution < 1.29 is 13.9 Å². The molecule has 3 rings (SSSR count). The van der Waals surface area contributed by atoms with Crippen LogP contribution in [0.3, 0.4) is 0 Å². The zero-order chi connectivity index (χ0) is 20.3. The van der Waals surface area contributed by atoms with Crippen molar-refractivity contribution in [1.82, 2.24) is 9.78 Å². The number of hydrogen-bond donors (Lipinski definition) is 1. The highest BCUT2D eigenvalue weighted by atomic mass is 35.5. The van der Waals surface area contributed by atoms with E-state index in [0.29, 0.717) is 21.5 Å². The molecule has 0 saturated carbocycles. The van der Waals surface area contributed by atoms with Crippen molar-refractivity contribution in [2.24, 2.45) is 0 Å². The molecule has 0 fully saturated rings. The van der Waals surface area contributed by atoms with E-state index in [-0.39, 0.29) is 17.8 Å². The normalized spacial score (nSPS) is 10.6. The van der Waals surface area contributed by atoms with Gasteiger partial charge in [-0.05, 0) is 36.4 Å². The van der Waals surface area contributed by atoms with E-state index in [1.165, 1.54) is 49.6 Å². The number of amides is 1. The fourth-order valence-corrected chi connectivity index (χ4v) is 3.02. The average Bonchev–Trinajstić information content (AvgIpc) is 2.62. The fraction of sp³-hybridized carbons (Fsp3) is 0.105. The quantitative estimate of drug-likeness (QED) is 0.675. The summed E-state index contributed by atoms with van der Waals surface area (Å²) in [7, 11) is 1.43. The fourth-order valence-electron chi connectivity index (χ4n) is 2.50. The number of carbonyl (C=O) groups excluding carboxylic acids is 1. The Morgan fingerprint density at radius 1 is 1.14 bits per heavy atom. The number of aromatic nitrogens is 2. The van der Waals surface area contributed by atoms with Gasteiger partial charge < -0.3 is 10.1 Å². The van der Waals surface area contributed by atoms with E-state index in [4.69, 9.17) is 27.9 Å². The molecule has 0 aliphatic heterocycles. The Morgan fingerprint density at radius 3 is 2.50 bits per heavy atom. The maximum atomic E-state index is 14.3. The van der Waals surface area contributed by atoms with Crippen LogP contribution < -0.4 is 15.6 Å². The minimum absolute atomic E-state index is 0.177. The molecule has 144 valence electrons. The highest BCUT2D eigenvalue weighted by Gasteiger charge is 2.12. The molecule has 0 saturated heterocycles. The van der Waals surface area contributed by atoms with Crippen LogP contribution in [0.15, 0.2) is 53.3 Å². The minimum Gasteiger partial charge on any atom is -0.497 e. The summed E-state index contributed by atoms with van der Waals surface area (Å²) in [6.45, 7) is -0.366. The Kier molecular flexibility index (Phi) is 5.96. The molecule has 2 aromatic carbocycles. The smallest absolute Gasteiger partial charge is 0.267 e. The standard InChI is InChI=1S/C19H14Cl2FN3O3/c1-28-14-2-3-15(16(22)9-14)17-4-5-19(27)25(24-17)10-18(26)23-13-7-11(20)6-12(21)8-13/h2-9H,10H2,1H3,(H,23,26). The largest absolute Gasteiger partial charge is 0.497 e. The van der Waals surface area contributed by atoms with E-state index >= 15 is 0 Å². The van der Waals surface area contributed by atoms with E-state index in [9.17, 15) is 14.0 Å². The van der Waals surface area contributed by atoms with Crippen LogP contribution in [0.4, 0.5) is 10.1 Å². The molecular formula is C19H14Cl2FN3O3. The van der Waals surface area contributed by atoms with Crippen LogP contribution in [0, 0.1) is 5.82 Å². The van der Waals surface area contributed by atoms with Crippen LogP contribution in [0.2, 0.25) is 10.0 Å². The third-order valence-electron chi connectivity index (χ3n) is 3.76. The first-order valence-corrected chi connectivity index (χ1v) is 8.79. The summed E-state index contributed by atoms with van der Waals surface area (Å²) in [4.78, 5) is 24.3. The number of anilines is 1. The van der Waals surface area contributed by atoms with Crippen LogP contribution in [-0.2, 0) is 11.3 Å². The van der Waals surface area contributed by atoms with Crippen LogP contribution in [0.1, 0.15) is 0 Å². The number of hydrogen-bond acceptors (Lipinski definition) is 4. The van der Waals surface area contributed by atoms with Gasteiger partial charge in [-0.2, -0.15) is 5.10 Å². The third-order valence-corrected chi connectivity index (χ3v) is 4.19. The van der Waals surface area contributed by atoms with E-state index in [1.807, 2.05) is 0 Å². The molecular weight excluding hydrogens is 408 g/mol. The molecule has 0 radical (unpaired) electrons. The number of benzene rings is 2. The molecule has 0 atom stereocenters. The lowest BCUT2D eigenvalue weighted by Gasteiger charge is -2.10. The first-order chi connectivity index (χ1) is 13.4. The second-order valence-corrected chi connectivity index (χ2v) is 6.64. The highest BCUT2D eigenvalue weighted by molar-refractivity contribution is 6.35. The first-order valence-electron chi connectivity index (χ1n) is 8.04. The zero-order valence-corrected chi connectivity index (χ0v) is 16.1. The third kappa shape index (κ3) is 4.68. The molecule has 0 aliphatic rings. The van der Waals surface area contributed by atoms with Gasteiger partial charge in [0.15, 0.2) is 0 Å². The molecule has 0 aliphatic carbocycles. The molecule has 3 aromatic rings. The zero-order valence-electron chi connectivity index (χ0n) is 14.6. The summed E-state index contributed by atoms with van der Waals surface area (Å²) >= 11 is 11.8. The lowest BCUT2D eigenvalue weighted by atomic mass is 10.1. The van der Waals surface area contributed by atoms with Gasteiger partial charge in [0.1, 0.15) is 18.1 Å². The van der Waals surface area contributed by atoms with Crippen molar-refractivity contribution in [3.63, 3.8) is 0 Å². The lowest BCUT2D eigenvalue weighted by Crippen LogP contribution is -2.29. The van der Waals surface area contributed by atoms with Crippen LogP contribution >= 0.6 is 23.2 Å². The number of ether oxygens (including phenoxy) is 1. The Labute approximate surface area is 169 Å². The molecule has 28 heavy (non-hydrogen) atoms. The van der Waals surface area contributed by atoms with Gasteiger partial charge in [-0.25, -0.2) is 9.07 Å². The predicted octanol–water partition coefficient (Wildman–Crippen LogP) is 4.00. The summed E-state index contributed by atoms with van der Waals surface area (Å²) in [6.07, 6.45) is 0. The molecule has 0 bridgehead atoms. The monoisotopic (exact) mass is 421 g/mol. The van der Waals surface area contributed by atoms with Gasteiger partial charge in [-0.3, -0.25) is 9.59 Å². The lowest BCUT2D eigenvalue weighted by molar-refractivity contribution is -0.117. The van der Waals surface area contributed by atoms with Crippen LogP contribution in [0.5, 0.6) is 5.75 Å². The summed E-state index contributed by atoms with van der Waals surface area (Å²) in [6, 6.07) is 11.4. The summed E-state index contributed by atoms with van der Waals surface area (Å²) in [5, 5.41) is 7.39. The van der Waals surface area contributed by atoms with Crippen LogP contribution in [0.25, 0.3) is 11.3 Å². The Morgan fingerprint density at radius 2 is 1.86 bits per heavy atom. The van der Waals surface area contributed by atoms with Crippen molar-refractivity contribution in [1.29, 1.82) is 0 Å². The van der Waals surface area contributed by atoms with Crippen molar-refractivity contribution >= 4 is 34.8 Å². The molecule has 1 heterocycles. The molecule has 1 N–H and O–H groups in total. The van der Waals surface area contributed by atoms with Crippen molar-refractivity contribution in [2.45, 2.75) is 6.54 Å².